The molecule has 0 aliphatic rings. The van der Waals surface area contributed by atoms with Gasteiger partial charge in [0, 0.05) is 31.8 Å². The third-order valence-corrected chi connectivity index (χ3v) is 2.64. The molecule has 0 aromatic heterocycles. The Labute approximate surface area is 81.3 Å². The van der Waals surface area contributed by atoms with Gasteiger partial charge in [-0.3, -0.25) is 0 Å². The van der Waals surface area contributed by atoms with Crippen molar-refractivity contribution in [3.63, 3.8) is 0 Å². The molecule has 0 saturated heterocycles. The Morgan fingerprint density at radius 2 is 2.00 bits per heavy atom. The lowest BCUT2D eigenvalue weighted by Crippen LogP contribution is -2.34. The molecule has 0 heterocycles. The van der Waals surface area contributed by atoms with E-state index < -0.39 is 0 Å². The molecule has 0 fully saturated rings. The molecule has 0 radical (unpaired) electrons. The van der Waals surface area contributed by atoms with Crippen LogP contribution >= 0.6 is 0 Å². The summed E-state index contributed by atoms with van der Waals surface area (Å²) in [5.41, 5.74) is 5.51. The quantitative estimate of drug-likeness (QED) is 0.563. The summed E-state index contributed by atoms with van der Waals surface area (Å²) < 4.78 is 5.38. The Balaban J connectivity index is 3.68. The lowest BCUT2D eigenvalue weighted by Gasteiger charge is -2.28. The van der Waals surface area contributed by atoms with E-state index in [4.69, 9.17) is 10.5 Å². The van der Waals surface area contributed by atoms with Gasteiger partial charge in [0.15, 0.2) is 0 Å². The maximum atomic E-state index is 9.20. The largest absolute Gasteiger partial charge is 0.396 e. The summed E-state index contributed by atoms with van der Waals surface area (Å²) in [5, 5.41) is 9.20. The van der Waals surface area contributed by atoms with Gasteiger partial charge in [0.1, 0.15) is 0 Å². The monoisotopic (exact) mass is 189 g/mol. The van der Waals surface area contributed by atoms with Crippen LogP contribution in [-0.2, 0) is 4.74 Å². The second kappa shape index (κ2) is 7.30. The first-order chi connectivity index (χ1) is 6.24. The van der Waals surface area contributed by atoms with E-state index in [0.29, 0.717) is 13.2 Å². The average Bonchev–Trinajstić information content (AvgIpc) is 2.20. The van der Waals surface area contributed by atoms with Gasteiger partial charge in [-0.2, -0.15) is 0 Å². The molecule has 0 aromatic carbocycles. The summed E-state index contributed by atoms with van der Waals surface area (Å²) in [4.78, 5) is 0. The molecular formula is C10H23NO2. The molecule has 3 N–H and O–H groups in total. The summed E-state index contributed by atoms with van der Waals surface area (Å²) in [5.74, 6) is 0. The molecule has 0 aliphatic carbocycles. The van der Waals surface area contributed by atoms with Gasteiger partial charge in [-0.1, -0.05) is 13.8 Å². The summed E-state index contributed by atoms with van der Waals surface area (Å²) in [6.07, 6.45) is 2.81. The topological polar surface area (TPSA) is 55.5 Å². The Hall–Kier alpha value is -0.120. The van der Waals surface area contributed by atoms with Crippen LogP contribution in [0.25, 0.3) is 0 Å². The zero-order valence-electron chi connectivity index (χ0n) is 8.88. The van der Waals surface area contributed by atoms with Crippen LogP contribution < -0.4 is 5.73 Å². The number of nitrogens with two attached hydrogens (primary N) is 1. The predicted molar refractivity (Wildman–Crippen MR) is 54.6 cm³/mol. The third kappa shape index (κ3) is 4.60. The van der Waals surface area contributed by atoms with Crippen LogP contribution in [0.5, 0.6) is 0 Å². The summed E-state index contributed by atoms with van der Waals surface area (Å²) in [7, 11) is 0. The molecule has 1 unspecified atom stereocenters. The molecule has 0 rings (SSSR count). The Morgan fingerprint density at radius 1 is 1.31 bits per heavy atom. The molecule has 1 atom stereocenters. The number of aliphatic hydroxyl groups is 1. The number of hydrogen-bond acceptors (Lipinski definition) is 3. The van der Waals surface area contributed by atoms with E-state index in [1.54, 1.807) is 0 Å². The van der Waals surface area contributed by atoms with Crippen LogP contribution in [0.1, 0.15) is 33.1 Å². The number of ether oxygens (including phenoxy) is 1. The minimum atomic E-state index is -0.117. The van der Waals surface area contributed by atoms with Crippen LogP contribution in [0.4, 0.5) is 0 Å². The fourth-order valence-electron chi connectivity index (χ4n) is 1.21. The van der Waals surface area contributed by atoms with E-state index in [9.17, 15) is 5.11 Å². The van der Waals surface area contributed by atoms with Crippen molar-refractivity contribution in [3.8, 4) is 0 Å². The molecule has 0 aliphatic heterocycles. The second-order valence-corrected chi connectivity index (χ2v) is 3.58. The molecule has 0 saturated carbocycles. The van der Waals surface area contributed by atoms with Crippen molar-refractivity contribution in [2.45, 2.75) is 33.1 Å². The van der Waals surface area contributed by atoms with E-state index in [1.165, 1.54) is 0 Å². The number of hydrogen-bond donors (Lipinski definition) is 2. The highest BCUT2D eigenvalue weighted by atomic mass is 16.5. The van der Waals surface area contributed by atoms with Gasteiger partial charge in [0.05, 0.1) is 0 Å². The van der Waals surface area contributed by atoms with Gasteiger partial charge in [-0.05, 0) is 19.3 Å². The predicted octanol–water partition coefficient (Wildman–Crippen LogP) is 1.15. The molecule has 3 nitrogen and oxygen atoms in total. The molecule has 0 aromatic rings. The van der Waals surface area contributed by atoms with Crippen LogP contribution in [0, 0.1) is 5.41 Å². The molecule has 3 heteroatoms. The highest BCUT2D eigenvalue weighted by Gasteiger charge is 2.24. The van der Waals surface area contributed by atoms with Crippen LogP contribution in [0.2, 0.25) is 0 Å². The zero-order chi connectivity index (χ0) is 10.2. The molecular weight excluding hydrogens is 166 g/mol. The van der Waals surface area contributed by atoms with Gasteiger partial charge in [-0.15, -0.1) is 0 Å². The van der Waals surface area contributed by atoms with Crippen molar-refractivity contribution in [3.05, 3.63) is 0 Å². The van der Waals surface area contributed by atoms with Crippen LogP contribution in [-0.4, -0.2) is 31.5 Å². The highest BCUT2D eigenvalue weighted by molar-refractivity contribution is 4.77. The van der Waals surface area contributed by atoms with E-state index in [0.717, 1.165) is 25.9 Å². The Kier molecular flexibility index (Phi) is 7.23. The van der Waals surface area contributed by atoms with E-state index >= 15 is 0 Å². The SMILES string of the molecule is CCCOCCC(CC)(CN)CO. The first-order valence-electron chi connectivity index (χ1n) is 5.13. The van der Waals surface area contributed by atoms with Crippen molar-refractivity contribution < 1.29 is 9.84 Å². The fourth-order valence-corrected chi connectivity index (χ4v) is 1.21. The molecule has 0 bridgehead atoms. The standard InChI is InChI=1S/C10H23NO2/c1-3-6-13-7-5-10(4-2,8-11)9-12/h12H,3-9,11H2,1-2H3. The first-order valence-corrected chi connectivity index (χ1v) is 5.13. The normalized spacial score (nSPS) is 15.7. The minimum absolute atomic E-state index is 0.117. The van der Waals surface area contributed by atoms with Gasteiger partial charge >= 0.3 is 0 Å². The van der Waals surface area contributed by atoms with Crippen molar-refractivity contribution in [2.75, 3.05) is 26.4 Å². The molecule has 0 spiro atoms. The van der Waals surface area contributed by atoms with Gasteiger partial charge in [0.25, 0.3) is 0 Å². The van der Waals surface area contributed by atoms with Crippen molar-refractivity contribution in [1.29, 1.82) is 0 Å². The number of aliphatic hydroxyl groups excluding tert-OH is 1. The Bertz CT molecular complexity index is 105. The molecule has 13 heavy (non-hydrogen) atoms. The average molecular weight is 189 g/mol. The summed E-state index contributed by atoms with van der Waals surface area (Å²) in [6, 6.07) is 0. The smallest absolute Gasteiger partial charge is 0.0500 e. The summed E-state index contributed by atoms with van der Waals surface area (Å²) in [6.45, 7) is 6.35. The van der Waals surface area contributed by atoms with Crippen LogP contribution in [0.3, 0.4) is 0 Å². The van der Waals surface area contributed by atoms with Crippen molar-refractivity contribution in [1.82, 2.24) is 0 Å². The Morgan fingerprint density at radius 3 is 2.38 bits per heavy atom. The lowest BCUT2D eigenvalue weighted by molar-refractivity contribution is 0.0589. The third-order valence-electron chi connectivity index (χ3n) is 2.64. The van der Waals surface area contributed by atoms with Crippen molar-refractivity contribution >= 4 is 0 Å². The maximum absolute atomic E-state index is 9.20. The van der Waals surface area contributed by atoms with Crippen molar-refractivity contribution in [2.24, 2.45) is 11.1 Å². The van der Waals surface area contributed by atoms with E-state index in [-0.39, 0.29) is 12.0 Å². The summed E-state index contributed by atoms with van der Waals surface area (Å²) >= 11 is 0. The maximum Gasteiger partial charge on any atom is 0.0500 e. The second-order valence-electron chi connectivity index (χ2n) is 3.58. The first kappa shape index (κ1) is 12.9. The van der Waals surface area contributed by atoms with Gasteiger partial charge in [-0.25, -0.2) is 0 Å². The highest BCUT2D eigenvalue weighted by Crippen LogP contribution is 2.23. The van der Waals surface area contributed by atoms with Gasteiger partial charge in [0.2, 0.25) is 0 Å². The molecule has 80 valence electrons. The molecule has 0 amide bonds. The van der Waals surface area contributed by atoms with Crippen LogP contribution in [0.15, 0.2) is 0 Å². The zero-order valence-corrected chi connectivity index (χ0v) is 8.88. The lowest BCUT2D eigenvalue weighted by atomic mass is 9.83. The fraction of sp³-hybridized carbons (Fsp3) is 1.00. The minimum Gasteiger partial charge on any atom is -0.396 e. The van der Waals surface area contributed by atoms with E-state index in [2.05, 4.69) is 13.8 Å². The van der Waals surface area contributed by atoms with Gasteiger partial charge < -0.3 is 15.6 Å². The van der Waals surface area contributed by atoms with E-state index in [1.807, 2.05) is 0 Å². The number of rotatable bonds is 8.